The highest BCUT2D eigenvalue weighted by atomic mass is 32.2. The second kappa shape index (κ2) is 7.96. The van der Waals surface area contributed by atoms with Crippen LogP contribution in [0.2, 0.25) is 0 Å². The van der Waals surface area contributed by atoms with Gasteiger partial charge in [0.1, 0.15) is 0 Å². The molecule has 1 aromatic rings. The van der Waals surface area contributed by atoms with E-state index in [1.54, 1.807) is 26.1 Å². The lowest BCUT2D eigenvalue weighted by Crippen LogP contribution is -2.37. The van der Waals surface area contributed by atoms with Crippen LogP contribution in [0, 0.1) is 11.3 Å². The van der Waals surface area contributed by atoms with Crippen molar-refractivity contribution in [1.29, 1.82) is 5.26 Å². The SMILES string of the molecule is C[C@H](OC(=O)c1ccc2c(c1)C[C@H](C)N2S(C)(=O)=O)C(=O)N(C)CCC#N. The summed E-state index contributed by atoms with van der Waals surface area (Å²) in [6.07, 6.45) is 0.857. The molecule has 2 rings (SSSR count). The summed E-state index contributed by atoms with van der Waals surface area (Å²) < 4.78 is 30.5. The lowest BCUT2D eigenvalue weighted by molar-refractivity contribution is -0.138. The predicted octanol–water partition coefficient (Wildman–Crippen LogP) is 1.31. The van der Waals surface area contributed by atoms with E-state index in [0.717, 1.165) is 11.8 Å². The van der Waals surface area contributed by atoms with Crippen LogP contribution in [0.5, 0.6) is 0 Å². The van der Waals surface area contributed by atoms with Crippen molar-refractivity contribution in [3.63, 3.8) is 0 Å². The van der Waals surface area contributed by atoms with Crippen molar-refractivity contribution in [2.45, 2.75) is 38.8 Å². The molecule has 0 bridgehead atoms. The van der Waals surface area contributed by atoms with Crippen molar-refractivity contribution < 1.29 is 22.7 Å². The fourth-order valence-electron chi connectivity index (χ4n) is 3.15. The first-order valence-corrected chi connectivity index (χ1v) is 10.4. The topological polar surface area (TPSA) is 108 Å². The number of hydrogen-bond acceptors (Lipinski definition) is 6. The summed E-state index contributed by atoms with van der Waals surface area (Å²) in [6.45, 7) is 3.54. The van der Waals surface area contributed by atoms with Gasteiger partial charge in [0.2, 0.25) is 10.0 Å². The number of carbonyl (C=O) groups is 2. The Bertz CT molecular complexity index is 891. The average Bonchev–Trinajstić information content (AvgIpc) is 2.93. The molecule has 2 atom stereocenters. The second-order valence-electron chi connectivity index (χ2n) is 6.67. The number of likely N-dealkylation sites (N-methyl/N-ethyl adjacent to an activating group) is 1. The molecular weight excluding hydrogens is 370 g/mol. The van der Waals surface area contributed by atoms with Crippen LogP contribution in [0.3, 0.4) is 0 Å². The Kier molecular flexibility index (Phi) is 6.11. The van der Waals surface area contributed by atoms with Crippen LogP contribution >= 0.6 is 0 Å². The van der Waals surface area contributed by atoms with Gasteiger partial charge < -0.3 is 9.64 Å². The van der Waals surface area contributed by atoms with Crippen LogP contribution in [0.15, 0.2) is 18.2 Å². The lowest BCUT2D eigenvalue weighted by atomic mass is 10.1. The van der Waals surface area contributed by atoms with Gasteiger partial charge >= 0.3 is 5.97 Å². The number of carbonyl (C=O) groups excluding carboxylic acids is 2. The fourth-order valence-corrected chi connectivity index (χ4v) is 4.42. The molecule has 1 amide bonds. The third kappa shape index (κ3) is 4.57. The van der Waals surface area contributed by atoms with Crippen LogP contribution in [-0.4, -0.2) is 57.2 Å². The third-order valence-corrected chi connectivity index (χ3v) is 5.66. The van der Waals surface area contributed by atoms with Crippen molar-refractivity contribution in [3.8, 4) is 6.07 Å². The molecule has 0 radical (unpaired) electrons. The number of amides is 1. The maximum absolute atomic E-state index is 12.4. The number of anilines is 1. The van der Waals surface area contributed by atoms with E-state index >= 15 is 0 Å². The molecule has 9 heteroatoms. The summed E-state index contributed by atoms with van der Waals surface area (Å²) in [4.78, 5) is 25.9. The van der Waals surface area contributed by atoms with Crippen LogP contribution in [0.4, 0.5) is 5.69 Å². The first-order valence-electron chi connectivity index (χ1n) is 8.51. The maximum Gasteiger partial charge on any atom is 0.338 e. The van der Waals surface area contributed by atoms with Crippen LogP contribution < -0.4 is 4.31 Å². The van der Waals surface area contributed by atoms with Gasteiger partial charge in [-0.05, 0) is 44.0 Å². The maximum atomic E-state index is 12.4. The van der Waals surface area contributed by atoms with E-state index in [0.29, 0.717) is 12.1 Å². The first kappa shape index (κ1) is 20.7. The molecule has 1 aliphatic heterocycles. The van der Waals surface area contributed by atoms with Gasteiger partial charge in [0.25, 0.3) is 5.91 Å². The highest BCUT2D eigenvalue weighted by Gasteiger charge is 2.33. The smallest absolute Gasteiger partial charge is 0.338 e. The number of rotatable bonds is 6. The zero-order valence-corrected chi connectivity index (χ0v) is 16.6. The molecule has 0 aromatic heterocycles. The number of fused-ring (bicyclic) bond motifs is 1. The van der Waals surface area contributed by atoms with E-state index in [-0.39, 0.29) is 24.6 Å². The first-order chi connectivity index (χ1) is 12.6. The molecule has 1 aliphatic rings. The van der Waals surface area contributed by atoms with Gasteiger partial charge in [-0.15, -0.1) is 0 Å². The zero-order valence-electron chi connectivity index (χ0n) is 15.8. The number of ether oxygens (including phenoxy) is 1. The Morgan fingerprint density at radius 2 is 2.11 bits per heavy atom. The van der Waals surface area contributed by atoms with Gasteiger partial charge in [-0.3, -0.25) is 9.10 Å². The minimum atomic E-state index is -3.40. The number of nitrogens with zero attached hydrogens (tertiary/aromatic N) is 3. The largest absolute Gasteiger partial charge is 0.449 e. The van der Waals surface area contributed by atoms with Crippen molar-refractivity contribution in [2.24, 2.45) is 0 Å². The number of esters is 1. The Hall–Kier alpha value is -2.60. The van der Waals surface area contributed by atoms with E-state index in [9.17, 15) is 18.0 Å². The highest BCUT2D eigenvalue weighted by Crippen LogP contribution is 2.34. The number of sulfonamides is 1. The average molecular weight is 393 g/mol. The van der Waals surface area contributed by atoms with Gasteiger partial charge in [0, 0.05) is 19.6 Å². The van der Waals surface area contributed by atoms with E-state index in [1.807, 2.05) is 6.07 Å². The van der Waals surface area contributed by atoms with E-state index in [2.05, 4.69) is 0 Å². The quantitative estimate of drug-likeness (QED) is 0.675. The number of benzene rings is 1. The third-order valence-electron chi connectivity index (χ3n) is 4.39. The van der Waals surface area contributed by atoms with Crippen LogP contribution in [-0.2, 0) is 26.0 Å². The normalized spacial score (nSPS) is 17.0. The van der Waals surface area contributed by atoms with Crippen molar-refractivity contribution in [2.75, 3.05) is 24.2 Å². The summed E-state index contributed by atoms with van der Waals surface area (Å²) in [5, 5.41) is 8.58. The molecule has 0 saturated heterocycles. The molecule has 0 aliphatic carbocycles. The van der Waals surface area contributed by atoms with Gasteiger partial charge in [-0.25, -0.2) is 13.2 Å². The van der Waals surface area contributed by atoms with E-state index in [4.69, 9.17) is 10.00 Å². The minimum absolute atomic E-state index is 0.197. The van der Waals surface area contributed by atoms with Gasteiger partial charge in [0.05, 0.1) is 30.0 Å². The molecule has 146 valence electrons. The molecule has 0 N–H and O–H groups in total. The fraction of sp³-hybridized carbons (Fsp3) is 0.500. The summed E-state index contributed by atoms with van der Waals surface area (Å²) in [5.41, 5.74) is 1.56. The van der Waals surface area contributed by atoms with Crippen LogP contribution in [0.25, 0.3) is 0 Å². The minimum Gasteiger partial charge on any atom is -0.449 e. The summed E-state index contributed by atoms with van der Waals surface area (Å²) in [7, 11) is -1.86. The number of nitriles is 1. The molecule has 1 heterocycles. The standard InChI is InChI=1S/C18H23N3O5S/c1-12-10-15-11-14(6-7-16(15)21(12)27(4,24)25)18(23)26-13(2)17(22)20(3)9-5-8-19/h6-7,11-13H,5,9-10H2,1-4H3/t12-,13-/m0/s1. The van der Waals surface area contributed by atoms with Crippen molar-refractivity contribution >= 4 is 27.6 Å². The van der Waals surface area contributed by atoms with E-state index < -0.39 is 28.0 Å². The summed E-state index contributed by atoms with van der Waals surface area (Å²) in [5.74, 6) is -1.05. The molecule has 8 nitrogen and oxygen atoms in total. The second-order valence-corrected chi connectivity index (χ2v) is 8.53. The van der Waals surface area contributed by atoms with Crippen molar-refractivity contribution in [3.05, 3.63) is 29.3 Å². The molecular formula is C18H23N3O5S. The zero-order chi connectivity index (χ0) is 20.4. The molecule has 0 fully saturated rings. The Labute approximate surface area is 159 Å². The number of hydrogen-bond donors (Lipinski definition) is 0. The van der Waals surface area contributed by atoms with Gasteiger partial charge in [0.15, 0.2) is 6.10 Å². The van der Waals surface area contributed by atoms with E-state index in [1.165, 1.54) is 22.2 Å². The summed E-state index contributed by atoms with van der Waals surface area (Å²) in [6, 6.07) is 6.41. The Morgan fingerprint density at radius 1 is 1.44 bits per heavy atom. The molecule has 27 heavy (non-hydrogen) atoms. The van der Waals surface area contributed by atoms with Gasteiger partial charge in [-0.2, -0.15) is 5.26 Å². The summed E-state index contributed by atoms with van der Waals surface area (Å²) >= 11 is 0. The molecule has 1 aromatic carbocycles. The molecule has 0 saturated carbocycles. The Balaban J connectivity index is 2.12. The lowest BCUT2D eigenvalue weighted by Gasteiger charge is -2.22. The Morgan fingerprint density at radius 3 is 2.70 bits per heavy atom. The molecule has 0 unspecified atom stereocenters. The van der Waals surface area contributed by atoms with Crippen LogP contribution in [0.1, 0.15) is 36.2 Å². The van der Waals surface area contributed by atoms with Gasteiger partial charge in [-0.1, -0.05) is 0 Å². The highest BCUT2D eigenvalue weighted by molar-refractivity contribution is 7.92. The monoisotopic (exact) mass is 393 g/mol. The van der Waals surface area contributed by atoms with Crippen molar-refractivity contribution in [1.82, 2.24) is 4.90 Å². The predicted molar refractivity (Wildman–Crippen MR) is 99.7 cm³/mol. The molecule has 0 spiro atoms.